The molecule has 0 spiro atoms. The lowest BCUT2D eigenvalue weighted by atomic mass is 10.1. The topological polar surface area (TPSA) is 71.5 Å². The zero-order valence-electron chi connectivity index (χ0n) is 13.6. The Morgan fingerprint density at radius 2 is 2.09 bits per heavy atom. The SMILES string of the molecule is CCN(CCO)CC(=O)c1cc(C)n(-c2cc(C)on2)c1C. The molecule has 2 rings (SSSR count). The highest BCUT2D eigenvalue weighted by molar-refractivity contribution is 5.99. The standard InChI is InChI=1S/C16H23N3O3/c1-5-18(6-7-20)10-15(21)14-8-11(2)19(13(14)4)16-9-12(3)22-17-16/h8-9,20H,5-7,10H2,1-4H3. The van der Waals surface area contributed by atoms with Crippen LogP contribution in [0.15, 0.2) is 16.7 Å². The van der Waals surface area contributed by atoms with Crippen LogP contribution in [0.5, 0.6) is 0 Å². The fourth-order valence-electron chi connectivity index (χ4n) is 2.63. The van der Waals surface area contributed by atoms with Crippen molar-refractivity contribution in [2.45, 2.75) is 27.7 Å². The summed E-state index contributed by atoms with van der Waals surface area (Å²) in [4.78, 5) is 14.5. The molecule has 2 aromatic heterocycles. The van der Waals surface area contributed by atoms with Crippen molar-refractivity contribution in [3.05, 3.63) is 34.8 Å². The maximum absolute atomic E-state index is 12.5. The van der Waals surface area contributed by atoms with Crippen LogP contribution in [0.4, 0.5) is 0 Å². The molecule has 0 aromatic carbocycles. The van der Waals surface area contributed by atoms with Crippen LogP contribution in [-0.4, -0.2) is 51.8 Å². The van der Waals surface area contributed by atoms with Crippen LogP contribution in [0.1, 0.15) is 34.4 Å². The van der Waals surface area contributed by atoms with E-state index >= 15 is 0 Å². The predicted octanol–water partition coefficient (Wildman–Crippen LogP) is 1.89. The average molecular weight is 305 g/mol. The molecule has 0 aliphatic heterocycles. The zero-order valence-corrected chi connectivity index (χ0v) is 13.6. The summed E-state index contributed by atoms with van der Waals surface area (Å²) in [6.07, 6.45) is 0. The van der Waals surface area contributed by atoms with E-state index in [1.807, 2.05) is 49.3 Å². The van der Waals surface area contributed by atoms with Crippen molar-refractivity contribution in [3.63, 3.8) is 0 Å². The number of Topliss-reactive ketones (excluding diaryl/α,β-unsaturated/α-hetero) is 1. The highest BCUT2D eigenvalue weighted by atomic mass is 16.5. The van der Waals surface area contributed by atoms with E-state index in [9.17, 15) is 4.79 Å². The quantitative estimate of drug-likeness (QED) is 0.791. The third kappa shape index (κ3) is 3.28. The van der Waals surface area contributed by atoms with Gasteiger partial charge in [-0.3, -0.25) is 14.3 Å². The molecule has 22 heavy (non-hydrogen) atoms. The minimum absolute atomic E-state index is 0.0508. The smallest absolute Gasteiger partial charge is 0.180 e. The first-order chi connectivity index (χ1) is 10.5. The van der Waals surface area contributed by atoms with E-state index in [1.54, 1.807) is 0 Å². The van der Waals surface area contributed by atoms with Gasteiger partial charge in [0.05, 0.1) is 13.2 Å². The van der Waals surface area contributed by atoms with Crippen molar-refractivity contribution in [1.29, 1.82) is 0 Å². The Kier molecular flexibility index (Phi) is 5.15. The van der Waals surface area contributed by atoms with Gasteiger partial charge in [-0.05, 0) is 33.4 Å². The molecule has 0 fully saturated rings. The number of hydrogen-bond acceptors (Lipinski definition) is 5. The molecule has 0 bridgehead atoms. The van der Waals surface area contributed by atoms with Crippen LogP contribution < -0.4 is 0 Å². The van der Waals surface area contributed by atoms with Gasteiger partial charge in [-0.2, -0.15) is 0 Å². The number of rotatable bonds is 7. The van der Waals surface area contributed by atoms with Gasteiger partial charge in [0, 0.05) is 29.6 Å². The van der Waals surface area contributed by atoms with E-state index in [4.69, 9.17) is 9.63 Å². The Morgan fingerprint density at radius 1 is 1.36 bits per heavy atom. The summed E-state index contributed by atoms with van der Waals surface area (Å²) in [6.45, 7) is 9.26. The van der Waals surface area contributed by atoms with Gasteiger partial charge in [-0.15, -0.1) is 0 Å². The molecule has 0 radical (unpaired) electrons. The number of carbonyl (C=O) groups is 1. The van der Waals surface area contributed by atoms with Crippen molar-refractivity contribution in [2.24, 2.45) is 0 Å². The van der Waals surface area contributed by atoms with E-state index in [2.05, 4.69) is 5.16 Å². The molecular formula is C16H23N3O3. The number of aromatic nitrogens is 2. The van der Waals surface area contributed by atoms with Gasteiger partial charge in [0.2, 0.25) is 0 Å². The predicted molar refractivity (Wildman–Crippen MR) is 83.6 cm³/mol. The zero-order chi connectivity index (χ0) is 16.3. The summed E-state index contributed by atoms with van der Waals surface area (Å²) in [5, 5.41) is 13.0. The third-order valence-electron chi connectivity index (χ3n) is 3.81. The summed E-state index contributed by atoms with van der Waals surface area (Å²) < 4.78 is 7.04. The van der Waals surface area contributed by atoms with E-state index < -0.39 is 0 Å². The molecule has 2 aromatic rings. The molecule has 0 atom stereocenters. The van der Waals surface area contributed by atoms with Crippen LogP contribution in [-0.2, 0) is 0 Å². The summed E-state index contributed by atoms with van der Waals surface area (Å²) in [5.74, 6) is 1.47. The van der Waals surface area contributed by atoms with Crippen molar-refractivity contribution >= 4 is 5.78 Å². The normalized spacial score (nSPS) is 11.4. The molecule has 0 saturated heterocycles. The monoisotopic (exact) mass is 305 g/mol. The molecule has 0 aliphatic rings. The number of aryl methyl sites for hydroxylation is 2. The second kappa shape index (κ2) is 6.89. The third-order valence-corrected chi connectivity index (χ3v) is 3.81. The largest absolute Gasteiger partial charge is 0.395 e. The Bertz CT molecular complexity index is 658. The number of hydrogen-bond donors (Lipinski definition) is 1. The summed E-state index contributed by atoms with van der Waals surface area (Å²) in [5.41, 5.74) is 2.49. The lowest BCUT2D eigenvalue weighted by Crippen LogP contribution is -2.32. The molecule has 2 heterocycles. The first-order valence-corrected chi connectivity index (χ1v) is 7.47. The van der Waals surface area contributed by atoms with Crippen molar-refractivity contribution < 1.29 is 14.4 Å². The number of aliphatic hydroxyl groups is 1. The van der Waals surface area contributed by atoms with Gasteiger partial charge < -0.3 is 9.63 Å². The van der Waals surface area contributed by atoms with Crippen LogP contribution in [0.25, 0.3) is 5.82 Å². The number of aliphatic hydroxyl groups excluding tert-OH is 1. The van der Waals surface area contributed by atoms with E-state index in [0.717, 1.165) is 23.7 Å². The Balaban J connectivity index is 2.28. The number of carbonyl (C=O) groups excluding carboxylic acids is 1. The van der Waals surface area contributed by atoms with E-state index in [1.165, 1.54) is 0 Å². The van der Waals surface area contributed by atoms with Crippen LogP contribution >= 0.6 is 0 Å². The summed E-state index contributed by atoms with van der Waals surface area (Å²) in [6, 6.07) is 3.73. The van der Waals surface area contributed by atoms with Gasteiger partial charge in [-0.25, -0.2) is 0 Å². The fraction of sp³-hybridized carbons (Fsp3) is 0.500. The molecule has 0 unspecified atom stereocenters. The molecule has 120 valence electrons. The first kappa shape index (κ1) is 16.5. The lowest BCUT2D eigenvalue weighted by Gasteiger charge is -2.17. The van der Waals surface area contributed by atoms with Crippen LogP contribution in [0.2, 0.25) is 0 Å². The maximum Gasteiger partial charge on any atom is 0.180 e. The summed E-state index contributed by atoms with van der Waals surface area (Å²) in [7, 11) is 0. The van der Waals surface area contributed by atoms with E-state index in [-0.39, 0.29) is 12.4 Å². The molecule has 1 N–H and O–H groups in total. The van der Waals surface area contributed by atoms with Gasteiger partial charge in [0.15, 0.2) is 11.6 Å². The summed E-state index contributed by atoms with van der Waals surface area (Å²) >= 11 is 0. The van der Waals surface area contributed by atoms with Crippen molar-refractivity contribution in [2.75, 3.05) is 26.2 Å². The number of nitrogens with zero attached hydrogens (tertiary/aromatic N) is 3. The molecule has 6 heteroatoms. The fourth-order valence-corrected chi connectivity index (χ4v) is 2.63. The van der Waals surface area contributed by atoms with Crippen molar-refractivity contribution in [1.82, 2.24) is 14.6 Å². The van der Waals surface area contributed by atoms with Crippen molar-refractivity contribution in [3.8, 4) is 5.82 Å². The van der Waals surface area contributed by atoms with Crippen LogP contribution in [0, 0.1) is 20.8 Å². The van der Waals surface area contributed by atoms with Gasteiger partial charge in [0.1, 0.15) is 5.76 Å². The lowest BCUT2D eigenvalue weighted by molar-refractivity contribution is 0.0919. The Labute approximate surface area is 130 Å². The van der Waals surface area contributed by atoms with Gasteiger partial charge in [-0.1, -0.05) is 12.1 Å². The van der Waals surface area contributed by atoms with Gasteiger partial charge in [0.25, 0.3) is 0 Å². The number of ketones is 1. The van der Waals surface area contributed by atoms with Crippen LogP contribution in [0.3, 0.4) is 0 Å². The van der Waals surface area contributed by atoms with Gasteiger partial charge >= 0.3 is 0 Å². The highest BCUT2D eigenvalue weighted by Gasteiger charge is 2.19. The molecular weight excluding hydrogens is 282 g/mol. The van der Waals surface area contributed by atoms with E-state index in [0.29, 0.717) is 24.5 Å². The Hall–Kier alpha value is -1.92. The second-order valence-electron chi connectivity index (χ2n) is 5.43. The number of likely N-dealkylation sites (N-methyl/N-ethyl adjacent to an activating group) is 1. The molecule has 0 amide bonds. The second-order valence-corrected chi connectivity index (χ2v) is 5.43. The molecule has 6 nitrogen and oxygen atoms in total. The molecule has 0 saturated carbocycles. The Morgan fingerprint density at radius 3 is 2.64 bits per heavy atom. The average Bonchev–Trinajstić information content (AvgIpc) is 3.01. The molecule has 0 aliphatic carbocycles. The maximum atomic E-state index is 12.5. The first-order valence-electron chi connectivity index (χ1n) is 7.47. The highest BCUT2D eigenvalue weighted by Crippen LogP contribution is 2.21. The minimum Gasteiger partial charge on any atom is -0.395 e. The minimum atomic E-state index is 0.0508.